The third-order valence-corrected chi connectivity index (χ3v) is 3.60. The average Bonchev–Trinajstić information content (AvgIpc) is 2.53. The van der Waals surface area contributed by atoms with Gasteiger partial charge in [0.25, 0.3) is 5.91 Å². The number of pyridine rings is 1. The molecule has 0 radical (unpaired) electrons. The Labute approximate surface area is 127 Å². The predicted molar refractivity (Wildman–Crippen MR) is 86.9 cm³/mol. The zero-order valence-corrected chi connectivity index (χ0v) is 12.2. The summed E-state index contributed by atoms with van der Waals surface area (Å²) in [6.45, 7) is 2.31. The lowest BCUT2D eigenvalue weighted by molar-refractivity contribution is 0.0946. The second kappa shape index (κ2) is 5.85. The highest BCUT2D eigenvalue weighted by atomic mass is 16.2. The van der Waals surface area contributed by atoms with E-state index < -0.39 is 0 Å². The summed E-state index contributed by atoms with van der Waals surface area (Å²) in [6, 6.07) is 16.5. The summed E-state index contributed by atoms with van der Waals surface area (Å²) in [5, 5.41) is 3.44. The van der Waals surface area contributed by atoms with Gasteiger partial charge in [-0.3, -0.25) is 9.59 Å². The zero-order chi connectivity index (χ0) is 15.5. The third-order valence-electron chi connectivity index (χ3n) is 3.60. The highest BCUT2D eigenvalue weighted by Crippen LogP contribution is 2.12. The molecule has 2 aromatic carbocycles. The monoisotopic (exact) mass is 292 g/mol. The van der Waals surface area contributed by atoms with Gasteiger partial charge in [0, 0.05) is 18.0 Å². The summed E-state index contributed by atoms with van der Waals surface area (Å²) in [5.74, 6) is -0.288. The highest BCUT2D eigenvalue weighted by molar-refractivity contribution is 5.95. The van der Waals surface area contributed by atoms with Gasteiger partial charge < -0.3 is 10.3 Å². The number of H-pyrrole nitrogens is 1. The van der Waals surface area contributed by atoms with Crippen molar-refractivity contribution < 1.29 is 4.79 Å². The lowest BCUT2D eigenvalue weighted by atomic mass is 10.1. The molecular formula is C18H16N2O2. The molecule has 0 aliphatic rings. The second-order valence-electron chi connectivity index (χ2n) is 5.21. The molecule has 0 aliphatic carbocycles. The number of nitrogens with one attached hydrogen (secondary N) is 2. The van der Waals surface area contributed by atoms with Gasteiger partial charge in [0.05, 0.1) is 5.52 Å². The summed E-state index contributed by atoms with van der Waals surface area (Å²) in [6.07, 6.45) is 0. The van der Waals surface area contributed by atoms with Crippen LogP contribution in [0.4, 0.5) is 0 Å². The fraction of sp³-hybridized carbons (Fsp3) is 0.111. The van der Waals surface area contributed by atoms with Crippen molar-refractivity contribution in [3.05, 3.63) is 81.6 Å². The third kappa shape index (κ3) is 2.76. The number of carbonyl (C=O) groups excluding carboxylic acids is 1. The fourth-order valence-corrected chi connectivity index (χ4v) is 2.48. The SMILES string of the molecule is Cc1cccc2[nH]c(C(=O)NCc3ccccc3)cc(=O)c12. The van der Waals surface area contributed by atoms with E-state index in [-0.39, 0.29) is 17.0 Å². The number of benzene rings is 2. The normalized spacial score (nSPS) is 10.6. The van der Waals surface area contributed by atoms with Crippen LogP contribution in [0.25, 0.3) is 10.9 Å². The van der Waals surface area contributed by atoms with Crippen LogP contribution < -0.4 is 10.7 Å². The van der Waals surface area contributed by atoms with E-state index >= 15 is 0 Å². The van der Waals surface area contributed by atoms with E-state index in [0.717, 1.165) is 11.1 Å². The van der Waals surface area contributed by atoms with Crippen LogP contribution in [-0.4, -0.2) is 10.9 Å². The van der Waals surface area contributed by atoms with Crippen molar-refractivity contribution in [2.45, 2.75) is 13.5 Å². The number of aryl methyl sites for hydroxylation is 1. The van der Waals surface area contributed by atoms with Crippen LogP contribution in [0.3, 0.4) is 0 Å². The number of aromatic nitrogens is 1. The van der Waals surface area contributed by atoms with Gasteiger partial charge >= 0.3 is 0 Å². The van der Waals surface area contributed by atoms with Crippen molar-refractivity contribution in [2.75, 3.05) is 0 Å². The van der Waals surface area contributed by atoms with Crippen LogP contribution >= 0.6 is 0 Å². The molecule has 3 rings (SSSR count). The van der Waals surface area contributed by atoms with Crippen LogP contribution in [0.5, 0.6) is 0 Å². The first-order valence-corrected chi connectivity index (χ1v) is 7.10. The second-order valence-corrected chi connectivity index (χ2v) is 5.21. The van der Waals surface area contributed by atoms with Gasteiger partial charge in [0.2, 0.25) is 0 Å². The molecule has 0 atom stereocenters. The standard InChI is InChI=1S/C18H16N2O2/c1-12-6-5-9-14-17(12)16(21)10-15(20-14)18(22)19-11-13-7-3-2-4-8-13/h2-10H,11H2,1H3,(H,19,22)(H,20,21). The molecule has 3 aromatic rings. The van der Waals surface area contributed by atoms with Gasteiger partial charge in [-0.25, -0.2) is 0 Å². The van der Waals surface area contributed by atoms with Gasteiger partial charge in [0.1, 0.15) is 5.69 Å². The van der Waals surface area contributed by atoms with Crippen molar-refractivity contribution in [1.29, 1.82) is 0 Å². The van der Waals surface area contributed by atoms with Crippen LogP contribution in [0.1, 0.15) is 21.6 Å². The summed E-state index contributed by atoms with van der Waals surface area (Å²) < 4.78 is 0. The van der Waals surface area contributed by atoms with E-state index in [0.29, 0.717) is 17.4 Å². The number of aromatic amines is 1. The molecule has 1 aromatic heterocycles. The Morgan fingerprint density at radius 2 is 1.86 bits per heavy atom. The lowest BCUT2D eigenvalue weighted by Crippen LogP contribution is -2.25. The molecule has 2 N–H and O–H groups in total. The minimum Gasteiger partial charge on any atom is -0.350 e. The molecule has 0 saturated carbocycles. The van der Waals surface area contributed by atoms with Crippen LogP contribution in [0, 0.1) is 6.92 Å². The Balaban J connectivity index is 1.87. The molecule has 0 saturated heterocycles. The number of hydrogen-bond donors (Lipinski definition) is 2. The maximum Gasteiger partial charge on any atom is 0.268 e. The fourth-order valence-electron chi connectivity index (χ4n) is 2.48. The van der Waals surface area contributed by atoms with E-state index in [2.05, 4.69) is 10.3 Å². The molecule has 0 aliphatic heterocycles. The van der Waals surface area contributed by atoms with Crippen LogP contribution in [0.15, 0.2) is 59.4 Å². The van der Waals surface area contributed by atoms with Gasteiger partial charge in [-0.05, 0) is 24.1 Å². The first-order valence-electron chi connectivity index (χ1n) is 7.10. The highest BCUT2D eigenvalue weighted by Gasteiger charge is 2.10. The van der Waals surface area contributed by atoms with Gasteiger partial charge in [0.15, 0.2) is 5.43 Å². The molecule has 22 heavy (non-hydrogen) atoms. The Hall–Kier alpha value is -2.88. The quantitative estimate of drug-likeness (QED) is 0.779. The molecule has 110 valence electrons. The predicted octanol–water partition coefficient (Wildman–Crippen LogP) is 2.77. The topological polar surface area (TPSA) is 62.0 Å². The number of amides is 1. The molecule has 0 fully saturated rings. The smallest absolute Gasteiger partial charge is 0.268 e. The van der Waals surface area contributed by atoms with Crippen LogP contribution in [0.2, 0.25) is 0 Å². The van der Waals surface area contributed by atoms with E-state index in [1.165, 1.54) is 6.07 Å². The van der Waals surface area contributed by atoms with Crippen molar-refractivity contribution in [3.63, 3.8) is 0 Å². The Morgan fingerprint density at radius 3 is 2.64 bits per heavy atom. The van der Waals surface area contributed by atoms with Gasteiger partial charge in [-0.15, -0.1) is 0 Å². The molecule has 4 nitrogen and oxygen atoms in total. The Kier molecular flexibility index (Phi) is 3.74. The Morgan fingerprint density at radius 1 is 1.09 bits per heavy atom. The van der Waals surface area contributed by atoms with Gasteiger partial charge in [-0.2, -0.15) is 0 Å². The molecule has 0 spiro atoms. The molecule has 4 heteroatoms. The summed E-state index contributed by atoms with van der Waals surface area (Å²) in [4.78, 5) is 27.4. The Bertz CT molecular complexity index is 882. The first-order chi connectivity index (χ1) is 10.6. The zero-order valence-electron chi connectivity index (χ0n) is 12.2. The maximum absolute atomic E-state index is 12.2. The van der Waals surface area contributed by atoms with Gasteiger partial charge in [-0.1, -0.05) is 42.5 Å². The number of rotatable bonds is 3. The number of carbonyl (C=O) groups is 1. The van der Waals surface area contributed by atoms with Crippen molar-refractivity contribution >= 4 is 16.8 Å². The van der Waals surface area contributed by atoms with Crippen LogP contribution in [-0.2, 0) is 6.54 Å². The van der Waals surface area contributed by atoms with Crippen molar-refractivity contribution in [3.8, 4) is 0 Å². The lowest BCUT2D eigenvalue weighted by Gasteiger charge is -2.07. The summed E-state index contributed by atoms with van der Waals surface area (Å²) >= 11 is 0. The molecule has 1 amide bonds. The largest absolute Gasteiger partial charge is 0.350 e. The first kappa shape index (κ1) is 14.1. The molecule has 0 bridgehead atoms. The molecule has 0 unspecified atom stereocenters. The van der Waals surface area contributed by atoms with Crippen molar-refractivity contribution in [2.24, 2.45) is 0 Å². The summed E-state index contributed by atoms with van der Waals surface area (Å²) in [7, 11) is 0. The number of hydrogen-bond acceptors (Lipinski definition) is 2. The maximum atomic E-state index is 12.2. The van der Waals surface area contributed by atoms with E-state index in [4.69, 9.17) is 0 Å². The molecule has 1 heterocycles. The average molecular weight is 292 g/mol. The minimum absolute atomic E-state index is 0.142. The molecular weight excluding hydrogens is 276 g/mol. The van der Waals surface area contributed by atoms with Crippen molar-refractivity contribution in [1.82, 2.24) is 10.3 Å². The summed E-state index contributed by atoms with van der Waals surface area (Å²) in [5.41, 5.74) is 2.72. The van der Waals surface area contributed by atoms with E-state index in [9.17, 15) is 9.59 Å². The van der Waals surface area contributed by atoms with E-state index in [1.807, 2.05) is 49.4 Å². The minimum atomic E-state index is -0.288. The van der Waals surface area contributed by atoms with E-state index in [1.54, 1.807) is 6.07 Å². The number of fused-ring (bicyclic) bond motifs is 1.